The van der Waals surface area contributed by atoms with Gasteiger partial charge in [0.25, 0.3) is 0 Å². The highest BCUT2D eigenvalue weighted by Crippen LogP contribution is 2.28. The van der Waals surface area contributed by atoms with Crippen LogP contribution in [-0.2, 0) is 13.6 Å². The summed E-state index contributed by atoms with van der Waals surface area (Å²) in [5.74, 6) is 1.91. The Kier molecular flexibility index (Phi) is 11.4. The highest BCUT2D eigenvalue weighted by molar-refractivity contribution is 7.99. The van der Waals surface area contributed by atoms with Crippen LogP contribution in [-0.4, -0.2) is 24.7 Å². The zero-order valence-corrected chi connectivity index (χ0v) is 18.4. The molecular formula is C20H28N2O3PS2+. The van der Waals surface area contributed by atoms with E-state index in [9.17, 15) is 4.57 Å². The van der Waals surface area contributed by atoms with E-state index in [1.54, 1.807) is 23.5 Å². The molecule has 0 fully saturated rings. The van der Waals surface area contributed by atoms with E-state index < -0.39 is 8.25 Å². The normalized spacial score (nSPS) is 10.9. The van der Waals surface area contributed by atoms with Crippen LogP contribution in [0, 0.1) is 0 Å². The molecule has 2 aromatic carbocycles. The quantitative estimate of drug-likeness (QED) is 0.162. The van der Waals surface area contributed by atoms with Crippen molar-refractivity contribution < 1.29 is 13.6 Å². The predicted octanol–water partition coefficient (Wildman–Crippen LogP) is 5.99. The lowest BCUT2D eigenvalue weighted by Gasteiger charge is -2.04. The molecule has 2 aromatic rings. The minimum absolute atomic E-state index is 0.448. The second-order valence-electron chi connectivity index (χ2n) is 6.08. The van der Waals surface area contributed by atoms with Gasteiger partial charge in [0.1, 0.15) is 13.2 Å². The van der Waals surface area contributed by atoms with Crippen molar-refractivity contribution in [3.63, 3.8) is 0 Å². The lowest BCUT2D eigenvalue weighted by atomic mass is 10.3. The number of hydrogen-bond acceptors (Lipinski definition) is 7. The Morgan fingerprint density at radius 3 is 1.57 bits per heavy atom. The molecule has 2 rings (SSSR count). The predicted molar refractivity (Wildman–Crippen MR) is 121 cm³/mol. The van der Waals surface area contributed by atoms with Crippen LogP contribution in [0.15, 0.2) is 58.3 Å². The number of hydrogen-bond donors (Lipinski definition) is 2. The molecule has 8 heteroatoms. The van der Waals surface area contributed by atoms with Gasteiger partial charge in [-0.05, 0) is 61.5 Å². The maximum Gasteiger partial charge on any atom is 0.697 e. The fourth-order valence-electron chi connectivity index (χ4n) is 2.31. The Morgan fingerprint density at radius 2 is 1.14 bits per heavy atom. The Morgan fingerprint density at radius 1 is 0.714 bits per heavy atom. The Balaban J connectivity index is 1.42. The van der Waals surface area contributed by atoms with Crippen molar-refractivity contribution in [1.29, 1.82) is 0 Å². The van der Waals surface area contributed by atoms with Crippen molar-refractivity contribution >= 4 is 43.2 Å². The van der Waals surface area contributed by atoms with Crippen LogP contribution >= 0.6 is 31.8 Å². The molecule has 0 amide bonds. The lowest BCUT2D eigenvalue weighted by molar-refractivity contribution is 0.221. The Labute approximate surface area is 176 Å². The van der Waals surface area contributed by atoms with Gasteiger partial charge in [-0.3, -0.25) is 0 Å². The molecule has 0 aliphatic carbocycles. The number of unbranched alkanes of at least 4 members (excludes halogenated alkanes) is 2. The molecule has 0 aromatic heterocycles. The zero-order valence-electron chi connectivity index (χ0n) is 15.9. The molecular weight excluding hydrogens is 411 g/mol. The van der Waals surface area contributed by atoms with Crippen LogP contribution in [0.5, 0.6) is 0 Å². The van der Waals surface area contributed by atoms with Gasteiger partial charge in [-0.1, -0.05) is 24.3 Å². The monoisotopic (exact) mass is 439 g/mol. The van der Waals surface area contributed by atoms with Gasteiger partial charge in [-0.15, -0.1) is 32.6 Å². The minimum atomic E-state index is -2.02. The van der Waals surface area contributed by atoms with Gasteiger partial charge in [0, 0.05) is 25.7 Å². The van der Waals surface area contributed by atoms with Gasteiger partial charge in [-0.25, -0.2) is 0 Å². The maximum atomic E-state index is 11.7. The summed E-state index contributed by atoms with van der Waals surface area (Å²) >= 11 is 3.46. The average molecular weight is 440 g/mol. The van der Waals surface area contributed by atoms with Crippen LogP contribution in [0.25, 0.3) is 0 Å². The second-order valence-corrected chi connectivity index (χ2v) is 9.31. The Hall–Kier alpha value is -1.24. The number of thioether (sulfide) groups is 2. The van der Waals surface area contributed by atoms with Gasteiger partial charge >= 0.3 is 8.25 Å². The molecule has 0 spiro atoms. The fourth-order valence-corrected chi connectivity index (χ4v) is 4.90. The van der Waals surface area contributed by atoms with E-state index in [1.807, 2.05) is 48.5 Å². The van der Waals surface area contributed by atoms with Crippen LogP contribution < -0.4 is 11.5 Å². The van der Waals surface area contributed by atoms with Gasteiger partial charge < -0.3 is 11.5 Å². The first kappa shape index (κ1) is 23.0. The van der Waals surface area contributed by atoms with Crippen molar-refractivity contribution in [2.24, 2.45) is 0 Å². The van der Waals surface area contributed by atoms with E-state index in [0.717, 1.165) is 58.4 Å². The van der Waals surface area contributed by atoms with Gasteiger partial charge in [0.15, 0.2) is 0 Å². The molecule has 0 bridgehead atoms. The first-order chi connectivity index (χ1) is 13.7. The lowest BCUT2D eigenvalue weighted by Crippen LogP contribution is -1.94. The number of nitrogens with two attached hydrogens (primary N) is 2. The SMILES string of the molecule is Nc1ccccc1SCCCCO[P+](=O)OCCCCSc1ccccc1N. The topological polar surface area (TPSA) is 87.6 Å². The summed E-state index contributed by atoms with van der Waals surface area (Å²) < 4.78 is 22.2. The molecule has 0 saturated carbocycles. The summed E-state index contributed by atoms with van der Waals surface area (Å²) in [5, 5.41) is 0. The third kappa shape index (κ3) is 9.30. The number of para-hydroxylation sites is 2. The standard InChI is InChI=1S/C20H28N2O3PS2/c21-17-9-1-3-11-19(17)27-15-7-5-13-24-26(23)25-14-6-8-16-28-20-12-4-2-10-18(20)22/h1-4,9-12H,5-8,13-16,21-22H2/q+1. The van der Waals surface area contributed by atoms with Crippen LogP contribution in [0.3, 0.4) is 0 Å². The third-order valence-corrected chi connectivity index (χ3v) is 6.96. The molecule has 0 heterocycles. The third-order valence-electron chi connectivity index (χ3n) is 3.82. The zero-order chi connectivity index (χ0) is 20.0. The first-order valence-corrected chi connectivity index (χ1v) is 12.4. The highest BCUT2D eigenvalue weighted by Gasteiger charge is 2.19. The van der Waals surface area contributed by atoms with Crippen LogP contribution in [0.4, 0.5) is 11.4 Å². The maximum absolute atomic E-state index is 11.7. The van der Waals surface area contributed by atoms with E-state index in [0.29, 0.717) is 13.2 Å². The van der Waals surface area contributed by atoms with E-state index in [1.165, 1.54) is 0 Å². The second kappa shape index (κ2) is 13.9. The number of rotatable bonds is 14. The smallest absolute Gasteiger partial charge is 0.398 e. The summed E-state index contributed by atoms with van der Waals surface area (Å²) in [7, 11) is -2.02. The molecule has 152 valence electrons. The summed E-state index contributed by atoms with van der Waals surface area (Å²) in [6.07, 6.45) is 3.64. The summed E-state index contributed by atoms with van der Waals surface area (Å²) in [6, 6.07) is 15.7. The summed E-state index contributed by atoms with van der Waals surface area (Å²) in [5.41, 5.74) is 13.4. The van der Waals surface area contributed by atoms with Crippen molar-refractivity contribution in [3.05, 3.63) is 48.5 Å². The summed E-state index contributed by atoms with van der Waals surface area (Å²) in [4.78, 5) is 2.21. The minimum Gasteiger partial charge on any atom is -0.398 e. The van der Waals surface area contributed by atoms with Gasteiger partial charge in [0.2, 0.25) is 0 Å². The van der Waals surface area contributed by atoms with E-state index in [2.05, 4.69) is 0 Å². The van der Waals surface area contributed by atoms with Crippen LogP contribution in [0.1, 0.15) is 25.7 Å². The van der Waals surface area contributed by atoms with Gasteiger partial charge in [-0.2, -0.15) is 0 Å². The largest absolute Gasteiger partial charge is 0.697 e. The summed E-state index contributed by atoms with van der Waals surface area (Å²) in [6.45, 7) is 0.895. The van der Waals surface area contributed by atoms with Crippen molar-refractivity contribution in [3.8, 4) is 0 Å². The molecule has 0 atom stereocenters. The molecule has 0 aliphatic heterocycles. The molecule has 5 nitrogen and oxygen atoms in total. The van der Waals surface area contributed by atoms with Gasteiger partial charge in [0.05, 0.1) is 0 Å². The molecule has 0 unspecified atom stereocenters. The van der Waals surface area contributed by atoms with Crippen molar-refractivity contribution in [1.82, 2.24) is 0 Å². The number of anilines is 2. The first-order valence-electron chi connectivity index (χ1n) is 9.34. The van der Waals surface area contributed by atoms with E-state index in [4.69, 9.17) is 20.5 Å². The van der Waals surface area contributed by atoms with E-state index in [-0.39, 0.29) is 0 Å². The molecule has 0 radical (unpaired) electrons. The van der Waals surface area contributed by atoms with Crippen molar-refractivity contribution in [2.75, 3.05) is 36.2 Å². The van der Waals surface area contributed by atoms with Crippen LogP contribution in [0.2, 0.25) is 0 Å². The Bertz CT molecular complexity index is 675. The molecule has 4 N–H and O–H groups in total. The molecule has 28 heavy (non-hydrogen) atoms. The molecule has 0 aliphatic rings. The van der Waals surface area contributed by atoms with Crippen molar-refractivity contribution in [2.45, 2.75) is 35.5 Å². The van der Waals surface area contributed by atoms with E-state index >= 15 is 0 Å². The number of benzene rings is 2. The molecule has 0 saturated heterocycles. The number of nitrogen functional groups attached to an aromatic ring is 2. The average Bonchev–Trinajstić information content (AvgIpc) is 2.70. The highest BCUT2D eigenvalue weighted by atomic mass is 32.2. The fraction of sp³-hybridized carbons (Fsp3) is 0.400.